The number of carbonyl (C=O) groups is 2. The molecule has 0 saturated carbocycles. The number of hydrogen-bond acceptors (Lipinski definition) is 2. The van der Waals surface area contributed by atoms with Crippen LogP contribution in [-0.4, -0.2) is 35.0 Å². The number of benzene rings is 1. The second-order valence-electron chi connectivity index (χ2n) is 5.48. The van der Waals surface area contributed by atoms with Gasteiger partial charge in [-0.2, -0.15) is 0 Å². The molecule has 0 unspecified atom stereocenters. The van der Waals surface area contributed by atoms with Gasteiger partial charge in [-0.05, 0) is 43.0 Å². The van der Waals surface area contributed by atoms with E-state index in [1.807, 2.05) is 30.9 Å². The fraction of sp³-hybridized carbons (Fsp3) is 0.412. The number of carboxylic acids is 1. The first-order valence-corrected chi connectivity index (χ1v) is 7.16. The van der Waals surface area contributed by atoms with Crippen molar-refractivity contribution in [3.8, 4) is 0 Å². The van der Waals surface area contributed by atoms with Gasteiger partial charge in [0.1, 0.15) is 0 Å². The lowest BCUT2D eigenvalue weighted by molar-refractivity contribution is -0.131. The molecule has 114 valence electrons. The van der Waals surface area contributed by atoms with Crippen LogP contribution in [0.3, 0.4) is 0 Å². The van der Waals surface area contributed by atoms with Gasteiger partial charge in [-0.25, -0.2) is 4.79 Å². The Labute approximate surface area is 126 Å². The predicted molar refractivity (Wildman–Crippen MR) is 84.3 cm³/mol. The fourth-order valence-electron chi connectivity index (χ4n) is 2.11. The maximum absolute atomic E-state index is 12.6. The second-order valence-corrected chi connectivity index (χ2v) is 5.48. The van der Waals surface area contributed by atoms with Crippen molar-refractivity contribution in [2.24, 2.45) is 5.92 Å². The minimum absolute atomic E-state index is 0.00530. The van der Waals surface area contributed by atoms with Crippen LogP contribution in [0.4, 0.5) is 0 Å². The van der Waals surface area contributed by atoms with Crippen molar-refractivity contribution < 1.29 is 14.7 Å². The van der Waals surface area contributed by atoms with Crippen LogP contribution in [0.1, 0.15) is 42.3 Å². The summed E-state index contributed by atoms with van der Waals surface area (Å²) in [5, 5.41) is 8.67. The Bertz CT molecular complexity index is 547. The number of rotatable bonds is 6. The van der Waals surface area contributed by atoms with Gasteiger partial charge in [0, 0.05) is 24.7 Å². The first-order valence-electron chi connectivity index (χ1n) is 7.16. The normalized spacial score (nSPS) is 11.1. The number of carbonyl (C=O) groups excluding carboxylic acids is 1. The Hall–Kier alpha value is -2.10. The minimum atomic E-state index is -1.00. The van der Waals surface area contributed by atoms with E-state index in [0.29, 0.717) is 30.1 Å². The number of aryl methyl sites for hydroxylation is 1. The van der Waals surface area contributed by atoms with Crippen LogP contribution in [0.15, 0.2) is 24.3 Å². The highest BCUT2D eigenvalue weighted by atomic mass is 16.4. The highest BCUT2D eigenvalue weighted by molar-refractivity contribution is 5.96. The molecule has 0 bridgehead atoms. The topological polar surface area (TPSA) is 57.6 Å². The summed E-state index contributed by atoms with van der Waals surface area (Å²) in [6.07, 6.45) is 2.57. The molecule has 0 spiro atoms. The van der Waals surface area contributed by atoms with E-state index in [1.54, 1.807) is 6.07 Å². The summed E-state index contributed by atoms with van der Waals surface area (Å²) < 4.78 is 0. The van der Waals surface area contributed by atoms with Gasteiger partial charge in [-0.3, -0.25) is 4.79 Å². The Morgan fingerprint density at radius 2 is 2.00 bits per heavy atom. The summed E-state index contributed by atoms with van der Waals surface area (Å²) in [5.41, 5.74) is 2.24. The van der Waals surface area contributed by atoms with E-state index in [-0.39, 0.29) is 5.91 Å². The molecule has 0 aliphatic heterocycles. The summed E-state index contributed by atoms with van der Waals surface area (Å²) in [4.78, 5) is 25.0. The molecule has 4 heteroatoms. The molecule has 0 fully saturated rings. The third-order valence-electron chi connectivity index (χ3n) is 3.16. The average Bonchev–Trinajstić information content (AvgIpc) is 2.42. The molecule has 1 aromatic rings. The van der Waals surface area contributed by atoms with Gasteiger partial charge < -0.3 is 10.0 Å². The summed E-state index contributed by atoms with van der Waals surface area (Å²) in [7, 11) is 0. The van der Waals surface area contributed by atoms with Gasteiger partial charge in [0.05, 0.1) is 0 Å². The SMILES string of the molecule is CCN(CC(C)C)C(=O)c1cc(C=CC(=O)O)ccc1C. The van der Waals surface area contributed by atoms with Gasteiger partial charge >= 0.3 is 5.97 Å². The van der Waals surface area contributed by atoms with Crippen LogP contribution in [-0.2, 0) is 4.79 Å². The Balaban J connectivity index is 3.07. The third-order valence-corrected chi connectivity index (χ3v) is 3.16. The van der Waals surface area contributed by atoms with Gasteiger partial charge in [0.2, 0.25) is 0 Å². The first-order chi connectivity index (χ1) is 9.85. The van der Waals surface area contributed by atoms with Crippen molar-refractivity contribution in [1.82, 2.24) is 4.90 Å². The molecular formula is C17H23NO3. The molecule has 1 aromatic carbocycles. The van der Waals surface area contributed by atoms with Crippen LogP contribution >= 0.6 is 0 Å². The maximum Gasteiger partial charge on any atom is 0.328 e. The highest BCUT2D eigenvalue weighted by Crippen LogP contribution is 2.16. The number of amides is 1. The molecule has 0 saturated heterocycles. The van der Waals surface area contributed by atoms with Crippen LogP contribution < -0.4 is 0 Å². The smallest absolute Gasteiger partial charge is 0.328 e. The molecule has 0 atom stereocenters. The highest BCUT2D eigenvalue weighted by Gasteiger charge is 2.17. The molecule has 1 N–H and O–H groups in total. The third kappa shape index (κ3) is 5.06. The lowest BCUT2D eigenvalue weighted by Gasteiger charge is -2.24. The van der Waals surface area contributed by atoms with E-state index >= 15 is 0 Å². The summed E-state index contributed by atoms with van der Waals surface area (Å²) >= 11 is 0. The number of nitrogens with zero attached hydrogens (tertiary/aromatic N) is 1. The van der Waals surface area contributed by atoms with Crippen molar-refractivity contribution in [1.29, 1.82) is 0 Å². The second kappa shape index (κ2) is 7.62. The fourth-order valence-corrected chi connectivity index (χ4v) is 2.11. The molecule has 0 aliphatic carbocycles. The van der Waals surface area contributed by atoms with Gasteiger partial charge in [-0.1, -0.05) is 26.0 Å². The Kier molecular flexibility index (Phi) is 6.15. The number of hydrogen-bond donors (Lipinski definition) is 1. The lowest BCUT2D eigenvalue weighted by Crippen LogP contribution is -2.34. The van der Waals surface area contributed by atoms with E-state index in [2.05, 4.69) is 13.8 Å². The molecule has 4 nitrogen and oxygen atoms in total. The van der Waals surface area contributed by atoms with E-state index in [4.69, 9.17) is 5.11 Å². The Morgan fingerprint density at radius 3 is 2.52 bits per heavy atom. The molecule has 0 aliphatic rings. The van der Waals surface area contributed by atoms with Crippen LogP contribution in [0.5, 0.6) is 0 Å². The van der Waals surface area contributed by atoms with Crippen molar-refractivity contribution in [2.45, 2.75) is 27.7 Å². The van der Waals surface area contributed by atoms with Gasteiger partial charge in [-0.15, -0.1) is 0 Å². The van der Waals surface area contributed by atoms with E-state index in [0.717, 1.165) is 11.6 Å². The summed E-state index contributed by atoms with van der Waals surface area (Å²) in [5.74, 6) is -0.600. The van der Waals surface area contributed by atoms with Crippen molar-refractivity contribution in [3.63, 3.8) is 0 Å². The molecule has 1 rings (SSSR count). The van der Waals surface area contributed by atoms with Crippen molar-refractivity contribution in [3.05, 3.63) is 41.0 Å². The van der Waals surface area contributed by atoms with E-state index in [1.165, 1.54) is 6.08 Å². The van der Waals surface area contributed by atoms with Crippen LogP contribution in [0, 0.1) is 12.8 Å². The molecule has 0 radical (unpaired) electrons. The summed E-state index contributed by atoms with van der Waals surface area (Å²) in [6, 6.07) is 5.41. The monoisotopic (exact) mass is 289 g/mol. The summed E-state index contributed by atoms with van der Waals surface area (Å²) in [6.45, 7) is 9.38. The van der Waals surface area contributed by atoms with Crippen molar-refractivity contribution >= 4 is 18.0 Å². The van der Waals surface area contributed by atoms with Gasteiger partial charge in [0.15, 0.2) is 0 Å². The average molecular weight is 289 g/mol. The van der Waals surface area contributed by atoms with Crippen LogP contribution in [0.2, 0.25) is 0 Å². The predicted octanol–water partition coefficient (Wildman–Crippen LogP) is 3.21. The molecule has 0 heterocycles. The minimum Gasteiger partial charge on any atom is -0.478 e. The molecule has 21 heavy (non-hydrogen) atoms. The maximum atomic E-state index is 12.6. The van der Waals surface area contributed by atoms with Gasteiger partial charge in [0.25, 0.3) is 5.91 Å². The standard InChI is InChI=1S/C17H23NO3/c1-5-18(11-12(2)3)17(21)15-10-14(7-6-13(15)4)8-9-16(19)20/h6-10,12H,5,11H2,1-4H3,(H,19,20). The zero-order valence-corrected chi connectivity index (χ0v) is 13.1. The first kappa shape index (κ1) is 17.0. The van der Waals surface area contributed by atoms with Crippen LogP contribution in [0.25, 0.3) is 6.08 Å². The van der Waals surface area contributed by atoms with E-state index in [9.17, 15) is 9.59 Å². The van der Waals surface area contributed by atoms with Crippen molar-refractivity contribution in [2.75, 3.05) is 13.1 Å². The Morgan fingerprint density at radius 1 is 1.33 bits per heavy atom. The molecule has 1 amide bonds. The largest absolute Gasteiger partial charge is 0.478 e. The lowest BCUT2D eigenvalue weighted by atomic mass is 10.0. The zero-order valence-electron chi connectivity index (χ0n) is 13.1. The number of carboxylic acid groups (broad SMARTS) is 1. The quantitative estimate of drug-likeness (QED) is 0.818. The molecular weight excluding hydrogens is 266 g/mol. The molecule has 0 aromatic heterocycles. The zero-order chi connectivity index (χ0) is 16.0. The number of aliphatic carboxylic acids is 1. The van der Waals surface area contributed by atoms with E-state index < -0.39 is 5.97 Å².